The van der Waals surface area contributed by atoms with Crippen LogP contribution in [-0.2, 0) is 0 Å². The van der Waals surface area contributed by atoms with Crippen molar-refractivity contribution >= 4 is 0 Å². The van der Waals surface area contributed by atoms with Gasteiger partial charge in [-0.05, 0) is 23.8 Å². The first kappa shape index (κ1) is 15.2. The lowest BCUT2D eigenvalue weighted by Crippen LogP contribution is -2.36. The zero-order chi connectivity index (χ0) is 12.8. The molecule has 1 nitrogen and oxygen atoms in total. The fraction of sp³-hybridized carbons (Fsp3) is 0.600. The van der Waals surface area contributed by atoms with E-state index in [1.54, 1.807) is 0 Å². The van der Waals surface area contributed by atoms with Crippen LogP contribution in [0.4, 0.5) is 0 Å². The topological polar surface area (TPSA) is 26.0 Å². The number of hydrogen-bond acceptors (Lipinski definition) is 1. The van der Waals surface area contributed by atoms with Crippen molar-refractivity contribution in [2.45, 2.75) is 47.6 Å². The molecule has 0 saturated heterocycles. The molecule has 0 spiro atoms. The Morgan fingerprint density at radius 3 is 2.12 bits per heavy atom. The standard InChI is InChI=1S/C15H27N/c1-7-8-9-13(11-10-12(2)3)14(16)15(4,5)6/h7-12,14H,16H2,1-6H3/b8-7-,11-10-,13-9+. The Balaban J connectivity index is 4.96. The summed E-state index contributed by atoms with van der Waals surface area (Å²) >= 11 is 0. The van der Waals surface area contributed by atoms with Gasteiger partial charge < -0.3 is 5.73 Å². The fourth-order valence-corrected chi connectivity index (χ4v) is 1.27. The molecule has 0 aromatic rings. The number of nitrogens with two attached hydrogens (primary N) is 1. The monoisotopic (exact) mass is 221 g/mol. The highest BCUT2D eigenvalue weighted by molar-refractivity contribution is 5.30. The summed E-state index contributed by atoms with van der Waals surface area (Å²) in [5, 5.41) is 0. The van der Waals surface area contributed by atoms with Gasteiger partial charge in [-0.25, -0.2) is 0 Å². The molecule has 0 rings (SSSR count). The van der Waals surface area contributed by atoms with E-state index in [0.29, 0.717) is 5.92 Å². The number of allylic oxidation sites excluding steroid dienone is 4. The summed E-state index contributed by atoms with van der Waals surface area (Å²) < 4.78 is 0. The largest absolute Gasteiger partial charge is 0.324 e. The summed E-state index contributed by atoms with van der Waals surface area (Å²) in [5.41, 5.74) is 7.55. The Hall–Kier alpha value is -0.820. The second kappa shape index (κ2) is 6.70. The third-order valence-electron chi connectivity index (χ3n) is 2.45. The van der Waals surface area contributed by atoms with Gasteiger partial charge in [-0.2, -0.15) is 0 Å². The Labute approximate surface area is 101 Å². The maximum atomic E-state index is 6.27. The summed E-state index contributed by atoms with van der Waals surface area (Å²) in [4.78, 5) is 0. The van der Waals surface area contributed by atoms with Gasteiger partial charge in [0.15, 0.2) is 0 Å². The van der Waals surface area contributed by atoms with Gasteiger partial charge >= 0.3 is 0 Å². The van der Waals surface area contributed by atoms with E-state index >= 15 is 0 Å². The molecule has 0 aromatic heterocycles. The number of rotatable bonds is 4. The predicted molar refractivity (Wildman–Crippen MR) is 74.3 cm³/mol. The minimum atomic E-state index is 0.0682. The minimum Gasteiger partial charge on any atom is -0.324 e. The molecule has 0 radical (unpaired) electrons. The Kier molecular flexibility index (Phi) is 6.35. The van der Waals surface area contributed by atoms with E-state index in [4.69, 9.17) is 5.73 Å². The second-order valence-corrected chi connectivity index (χ2v) is 5.64. The molecule has 0 heterocycles. The lowest BCUT2D eigenvalue weighted by atomic mass is 9.82. The quantitative estimate of drug-likeness (QED) is 0.711. The van der Waals surface area contributed by atoms with E-state index in [2.05, 4.69) is 52.8 Å². The van der Waals surface area contributed by atoms with E-state index in [1.807, 2.05) is 19.1 Å². The Morgan fingerprint density at radius 2 is 1.75 bits per heavy atom. The highest BCUT2D eigenvalue weighted by Gasteiger charge is 2.22. The van der Waals surface area contributed by atoms with E-state index in [9.17, 15) is 0 Å². The van der Waals surface area contributed by atoms with Gasteiger partial charge in [0.2, 0.25) is 0 Å². The molecule has 2 N–H and O–H groups in total. The van der Waals surface area contributed by atoms with Crippen LogP contribution >= 0.6 is 0 Å². The molecule has 0 aromatic carbocycles. The Bertz CT molecular complexity index is 274. The van der Waals surface area contributed by atoms with Crippen LogP contribution < -0.4 is 5.73 Å². The molecule has 0 aliphatic heterocycles. The maximum absolute atomic E-state index is 6.27. The molecule has 0 fully saturated rings. The highest BCUT2D eigenvalue weighted by atomic mass is 14.7. The third-order valence-corrected chi connectivity index (χ3v) is 2.45. The highest BCUT2D eigenvalue weighted by Crippen LogP contribution is 2.24. The van der Waals surface area contributed by atoms with E-state index in [-0.39, 0.29) is 11.5 Å². The van der Waals surface area contributed by atoms with Gasteiger partial charge in [0, 0.05) is 6.04 Å². The van der Waals surface area contributed by atoms with Crippen molar-refractivity contribution < 1.29 is 0 Å². The van der Waals surface area contributed by atoms with Crippen LogP contribution in [0.2, 0.25) is 0 Å². The molecule has 0 aliphatic rings. The molecule has 92 valence electrons. The minimum absolute atomic E-state index is 0.0682. The summed E-state index contributed by atoms with van der Waals surface area (Å²) in [5.74, 6) is 0.557. The maximum Gasteiger partial charge on any atom is 0.0344 e. The molecular weight excluding hydrogens is 194 g/mol. The van der Waals surface area contributed by atoms with Crippen molar-refractivity contribution in [2.24, 2.45) is 17.1 Å². The molecule has 0 saturated carbocycles. The van der Waals surface area contributed by atoms with Gasteiger partial charge in [0.05, 0.1) is 0 Å². The lowest BCUT2D eigenvalue weighted by Gasteiger charge is -2.28. The van der Waals surface area contributed by atoms with Crippen molar-refractivity contribution in [3.63, 3.8) is 0 Å². The van der Waals surface area contributed by atoms with E-state index < -0.39 is 0 Å². The smallest absolute Gasteiger partial charge is 0.0344 e. The van der Waals surface area contributed by atoms with Crippen molar-refractivity contribution in [1.29, 1.82) is 0 Å². The molecule has 1 heteroatoms. The third kappa shape index (κ3) is 5.92. The zero-order valence-electron chi connectivity index (χ0n) is 11.6. The van der Waals surface area contributed by atoms with Crippen LogP contribution in [0.5, 0.6) is 0 Å². The van der Waals surface area contributed by atoms with Crippen LogP contribution in [0.3, 0.4) is 0 Å². The van der Waals surface area contributed by atoms with Crippen LogP contribution in [0, 0.1) is 11.3 Å². The van der Waals surface area contributed by atoms with E-state index in [0.717, 1.165) is 0 Å². The summed E-state index contributed by atoms with van der Waals surface area (Å²) in [6.45, 7) is 12.9. The van der Waals surface area contributed by atoms with Crippen molar-refractivity contribution in [3.8, 4) is 0 Å². The fourth-order valence-electron chi connectivity index (χ4n) is 1.27. The van der Waals surface area contributed by atoms with Crippen molar-refractivity contribution in [2.75, 3.05) is 0 Å². The SMILES string of the molecule is C\C=C/C=C(\C=C/C(C)C)C(N)C(C)(C)C. The first-order valence-electron chi connectivity index (χ1n) is 6.05. The average molecular weight is 221 g/mol. The second-order valence-electron chi connectivity index (χ2n) is 5.64. The summed E-state index contributed by atoms with van der Waals surface area (Å²) in [6, 6.07) is 0.0682. The summed E-state index contributed by atoms with van der Waals surface area (Å²) in [6.07, 6.45) is 10.5. The molecule has 1 atom stereocenters. The molecule has 16 heavy (non-hydrogen) atoms. The molecule has 1 unspecified atom stereocenters. The van der Waals surface area contributed by atoms with Crippen molar-refractivity contribution in [1.82, 2.24) is 0 Å². The van der Waals surface area contributed by atoms with Gasteiger partial charge in [-0.1, -0.05) is 65.0 Å². The van der Waals surface area contributed by atoms with E-state index in [1.165, 1.54) is 5.57 Å². The molecule has 0 aliphatic carbocycles. The van der Waals surface area contributed by atoms with Crippen LogP contribution in [0.15, 0.2) is 36.0 Å². The van der Waals surface area contributed by atoms with Crippen LogP contribution in [0.1, 0.15) is 41.5 Å². The van der Waals surface area contributed by atoms with Gasteiger partial charge in [-0.3, -0.25) is 0 Å². The van der Waals surface area contributed by atoms with Gasteiger partial charge in [0.25, 0.3) is 0 Å². The molecule has 0 bridgehead atoms. The molecular formula is C15H27N. The van der Waals surface area contributed by atoms with Crippen LogP contribution in [0.25, 0.3) is 0 Å². The van der Waals surface area contributed by atoms with Crippen LogP contribution in [-0.4, -0.2) is 6.04 Å². The van der Waals surface area contributed by atoms with Gasteiger partial charge in [-0.15, -0.1) is 0 Å². The first-order chi connectivity index (χ1) is 7.29. The Morgan fingerprint density at radius 1 is 1.19 bits per heavy atom. The number of hydrogen-bond donors (Lipinski definition) is 1. The summed E-state index contributed by atoms with van der Waals surface area (Å²) in [7, 11) is 0. The predicted octanol–water partition coefficient (Wildman–Crippen LogP) is 4.07. The molecule has 0 amide bonds. The lowest BCUT2D eigenvalue weighted by molar-refractivity contribution is 0.357. The first-order valence-corrected chi connectivity index (χ1v) is 6.05. The normalized spacial score (nSPS) is 16.6. The zero-order valence-corrected chi connectivity index (χ0v) is 11.6. The van der Waals surface area contributed by atoms with Gasteiger partial charge in [0.1, 0.15) is 0 Å². The average Bonchev–Trinajstić information content (AvgIpc) is 2.15. The van der Waals surface area contributed by atoms with Crippen molar-refractivity contribution in [3.05, 3.63) is 36.0 Å².